The third kappa shape index (κ3) is 5.22. The molecule has 4 nitrogen and oxygen atoms in total. The number of carboxylic acids is 1. The van der Waals surface area contributed by atoms with Crippen LogP contribution in [-0.2, 0) is 11.0 Å². The molecule has 0 saturated heterocycles. The van der Waals surface area contributed by atoms with Gasteiger partial charge >= 0.3 is 12.1 Å². The molecule has 0 fully saturated rings. The smallest absolute Gasteiger partial charge is 0.416 e. The Balaban J connectivity index is 2.98. The minimum Gasteiger partial charge on any atom is -0.481 e. The summed E-state index contributed by atoms with van der Waals surface area (Å²) in [6.07, 6.45) is -3.89. The molecular formula is C14H15ClF3NO3. The van der Waals surface area contributed by atoms with Crippen molar-refractivity contribution >= 4 is 23.5 Å². The highest BCUT2D eigenvalue weighted by Gasteiger charge is 2.32. The van der Waals surface area contributed by atoms with Crippen LogP contribution in [-0.4, -0.2) is 23.0 Å². The summed E-state index contributed by atoms with van der Waals surface area (Å²) in [4.78, 5) is 22.8. The first kappa shape index (κ1) is 18.3. The van der Waals surface area contributed by atoms with E-state index in [-0.39, 0.29) is 17.0 Å². The zero-order chi connectivity index (χ0) is 16.9. The molecular weight excluding hydrogens is 323 g/mol. The Labute approximate surface area is 130 Å². The van der Waals surface area contributed by atoms with Gasteiger partial charge < -0.3 is 10.4 Å². The standard InChI is InChI=1S/C14H15ClF3NO3/c1-2-3-9(7-12(20)21)19-13(22)10-6-8(14(16,17)18)4-5-11(10)15/h4-6,9H,2-3,7H2,1H3,(H,19,22)(H,20,21). The molecule has 0 saturated carbocycles. The van der Waals surface area contributed by atoms with Gasteiger partial charge in [-0.05, 0) is 24.6 Å². The highest BCUT2D eigenvalue weighted by molar-refractivity contribution is 6.33. The molecule has 1 amide bonds. The summed E-state index contributed by atoms with van der Waals surface area (Å²) in [6, 6.07) is 1.76. The van der Waals surface area contributed by atoms with Crippen LogP contribution in [0.2, 0.25) is 5.02 Å². The van der Waals surface area contributed by atoms with E-state index < -0.39 is 29.7 Å². The molecule has 0 aromatic heterocycles. The van der Waals surface area contributed by atoms with E-state index in [0.29, 0.717) is 18.9 Å². The lowest BCUT2D eigenvalue weighted by molar-refractivity contribution is -0.138. The second-order valence-corrected chi connectivity index (χ2v) is 5.16. The Morgan fingerprint density at radius 3 is 2.50 bits per heavy atom. The van der Waals surface area contributed by atoms with Crippen molar-refractivity contribution in [1.29, 1.82) is 0 Å². The molecule has 22 heavy (non-hydrogen) atoms. The second-order valence-electron chi connectivity index (χ2n) is 4.75. The lowest BCUT2D eigenvalue weighted by atomic mass is 10.1. The van der Waals surface area contributed by atoms with Gasteiger partial charge in [-0.15, -0.1) is 0 Å². The Kier molecular flexibility index (Phi) is 6.22. The lowest BCUT2D eigenvalue weighted by Crippen LogP contribution is -2.36. The zero-order valence-electron chi connectivity index (χ0n) is 11.7. The number of carboxylic acid groups (broad SMARTS) is 1. The van der Waals surface area contributed by atoms with Crippen LogP contribution in [0.3, 0.4) is 0 Å². The Bertz CT molecular complexity index is 561. The molecule has 8 heteroatoms. The van der Waals surface area contributed by atoms with E-state index in [0.717, 1.165) is 12.1 Å². The van der Waals surface area contributed by atoms with Crippen LogP contribution in [0.15, 0.2) is 18.2 Å². The zero-order valence-corrected chi connectivity index (χ0v) is 12.5. The molecule has 1 unspecified atom stereocenters. The van der Waals surface area contributed by atoms with Crippen molar-refractivity contribution in [3.63, 3.8) is 0 Å². The van der Waals surface area contributed by atoms with E-state index >= 15 is 0 Å². The fourth-order valence-corrected chi connectivity index (χ4v) is 2.13. The number of carbonyl (C=O) groups is 2. The average molecular weight is 338 g/mol. The average Bonchev–Trinajstić information content (AvgIpc) is 2.37. The number of halogens is 4. The van der Waals surface area contributed by atoms with Gasteiger partial charge in [0.25, 0.3) is 5.91 Å². The summed E-state index contributed by atoms with van der Waals surface area (Å²) in [7, 11) is 0. The number of nitrogens with one attached hydrogen (secondary N) is 1. The van der Waals surface area contributed by atoms with Crippen LogP contribution < -0.4 is 5.32 Å². The summed E-state index contributed by atoms with van der Waals surface area (Å²) in [6.45, 7) is 1.80. The number of hydrogen-bond donors (Lipinski definition) is 2. The molecule has 122 valence electrons. The molecule has 2 N–H and O–H groups in total. The summed E-state index contributed by atoms with van der Waals surface area (Å²) >= 11 is 5.76. The molecule has 0 spiro atoms. The minimum atomic E-state index is -4.59. The van der Waals surface area contributed by atoms with Gasteiger partial charge in [0.1, 0.15) is 0 Å². The fourth-order valence-electron chi connectivity index (χ4n) is 1.92. The van der Waals surface area contributed by atoms with Gasteiger partial charge in [-0.3, -0.25) is 9.59 Å². The topological polar surface area (TPSA) is 66.4 Å². The lowest BCUT2D eigenvalue weighted by Gasteiger charge is -2.17. The maximum absolute atomic E-state index is 12.7. The number of alkyl halides is 3. The first-order chi connectivity index (χ1) is 10.1. The first-order valence-corrected chi connectivity index (χ1v) is 6.92. The van der Waals surface area contributed by atoms with Gasteiger partial charge in [0.05, 0.1) is 22.6 Å². The van der Waals surface area contributed by atoms with Gasteiger partial charge in [0.2, 0.25) is 0 Å². The van der Waals surface area contributed by atoms with E-state index in [9.17, 15) is 22.8 Å². The van der Waals surface area contributed by atoms with Crippen LogP contribution in [0.4, 0.5) is 13.2 Å². The van der Waals surface area contributed by atoms with Crippen LogP contribution in [0.5, 0.6) is 0 Å². The molecule has 0 aliphatic rings. The predicted octanol–water partition coefficient (Wildman–Crippen LogP) is 3.73. The molecule has 0 aliphatic heterocycles. The summed E-state index contributed by atoms with van der Waals surface area (Å²) in [5.41, 5.74) is -1.32. The number of benzene rings is 1. The van der Waals surface area contributed by atoms with Crippen LogP contribution in [0.1, 0.15) is 42.1 Å². The Morgan fingerprint density at radius 1 is 1.36 bits per heavy atom. The summed E-state index contributed by atoms with van der Waals surface area (Å²) < 4.78 is 38.0. The van der Waals surface area contributed by atoms with E-state index in [1.54, 1.807) is 6.92 Å². The third-order valence-electron chi connectivity index (χ3n) is 2.93. The number of amides is 1. The first-order valence-electron chi connectivity index (χ1n) is 6.54. The van der Waals surface area contributed by atoms with Crippen molar-refractivity contribution in [2.24, 2.45) is 0 Å². The molecule has 0 aliphatic carbocycles. The molecule has 1 aromatic carbocycles. The highest BCUT2D eigenvalue weighted by atomic mass is 35.5. The van der Waals surface area contributed by atoms with Crippen molar-refractivity contribution in [1.82, 2.24) is 5.32 Å². The summed E-state index contributed by atoms with van der Waals surface area (Å²) in [5, 5.41) is 11.1. The predicted molar refractivity (Wildman–Crippen MR) is 74.9 cm³/mol. The molecule has 0 bridgehead atoms. The largest absolute Gasteiger partial charge is 0.481 e. The molecule has 1 atom stereocenters. The van der Waals surface area contributed by atoms with Crippen molar-refractivity contribution < 1.29 is 27.9 Å². The SMILES string of the molecule is CCCC(CC(=O)O)NC(=O)c1cc(C(F)(F)F)ccc1Cl. The van der Waals surface area contributed by atoms with Crippen molar-refractivity contribution in [2.45, 2.75) is 38.4 Å². The third-order valence-corrected chi connectivity index (χ3v) is 3.26. The minimum absolute atomic E-state index is 0.129. The van der Waals surface area contributed by atoms with E-state index in [4.69, 9.17) is 16.7 Å². The van der Waals surface area contributed by atoms with Crippen LogP contribution in [0, 0.1) is 0 Å². The molecule has 0 radical (unpaired) electrons. The van der Waals surface area contributed by atoms with Crippen molar-refractivity contribution in [2.75, 3.05) is 0 Å². The maximum Gasteiger partial charge on any atom is 0.416 e. The number of rotatable bonds is 6. The van der Waals surface area contributed by atoms with Crippen LogP contribution in [0.25, 0.3) is 0 Å². The normalized spacial score (nSPS) is 12.8. The Morgan fingerprint density at radius 2 is 2.00 bits per heavy atom. The van der Waals surface area contributed by atoms with E-state index in [1.165, 1.54) is 0 Å². The number of hydrogen-bond acceptors (Lipinski definition) is 2. The van der Waals surface area contributed by atoms with Gasteiger partial charge in [-0.1, -0.05) is 24.9 Å². The summed E-state index contributed by atoms with van der Waals surface area (Å²) in [5.74, 6) is -1.93. The van der Waals surface area contributed by atoms with Crippen molar-refractivity contribution in [3.8, 4) is 0 Å². The van der Waals surface area contributed by atoms with E-state index in [1.807, 2.05) is 0 Å². The number of aliphatic carboxylic acids is 1. The maximum atomic E-state index is 12.7. The van der Waals surface area contributed by atoms with Crippen molar-refractivity contribution in [3.05, 3.63) is 34.3 Å². The van der Waals surface area contributed by atoms with Gasteiger partial charge in [0.15, 0.2) is 0 Å². The second kappa shape index (κ2) is 7.49. The fraction of sp³-hybridized carbons (Fsp3) is 0.429. The monoisotopic (exact) mass is 337 g/mol. The van der Waals surface area contributed by atoms with Crippen LogP contribution >= 0.6 is 11.6 Å². The Hall–Kier alpha value is -1.76. The van der Waals surface area contributed by atoms with E-state index in [2.05, 4.69) is 5.32 Å². The molecule has 1 rings (SSSR count). The number of carbonyl (C=O) groups excluding carboxylic acids is 1. The highest BCUT2D eigenvalue weighted by Crippen LogP contribution is 2.31. The van der Waals surface area contributed by atoms with Gasteiger partial charge in [-0.25, -0.2) is 0 Å². The molecule has 1 aromatic rings. The van der Waals surface area contributed by atoms with Gasteiger partial charge in [0, 0.05) is 6.04 Å². The molecule has 0 heterocycles. The van der Waals surface area contributed by atoms with Gasteiger partial charge in [-0.2, -0.15) is 13.2 Å². The quantitative estimate of drug-likeness (QED) is 0.831.